The number of cyclic esters (lactones) is 1. The van der Waals surface area contributed by atoms with Crippen molar-refractivity contribution in [2.75, 3.05) is 38.5 Å². The number of amides is 2. The number of fused-ring (bicyclic) bond motifs is 3. The van der Waals surface area contributed by atoms with Gasteiger partial charge in [-0.1, -0.05) is 64.5 Å². The molecular formula is C34H50N4O7S. The van der Waals surface area contributed by atoms with Crippen LogP contribution >= 0.6 is 11.8 Å². The van der Waals surface area contributed by atoms with Crippen LogP contribution in [-0.2, 0) is 25.5 Å². The highest BCUT2D eigenvalue weighted by atomic mass is 32.2. The third kappa shape index (κ3) is 10.9. The second kappa shape index (κ2) is 18.2. The van der Waals surface area contributed by atoms with E-state index < -0.39 is 30.1 Å². The van der Waals surface area contributed by atoms with Gasteiger partial charge < -0.3 is 29.4 Å². The number of aromatic nitrogens is 1. The Morgan fingerprint density at radius 2 is 1.91 bits per heavy atom. The molecule has 5 atom stereocenters. The number of allylic oxidation sites excluding steroid dienone is 2. The first-order valence-electron chi connectivity index (χ1n) is 16.2. The van der Waals surface area contributed by atoms with E-state index in [1.54, 1.807) is 43.0 Å². The maximum Gasteiger partial charge on any atom is 0.330 e. The third-order valence-electron chi connectivity index (χ3n) is 8.24. The minimum absolute atomic E-state index is 0.0110. The second-order valence-corrected chi connectivity index (χ2v) is 13.6. The molecule has 11 nitrogen and oxygen atoms in total. The summed E-state index contributed by atoms with van der Waals surface area (Å²) in [5.41, 5.74) is 0.740. The lowest BCUT2D eigenvalue weighted by atomic mass is 9.94. The fourth-order valence-corrected chi connectivity index (χ4v) is 7.09. The summed E-state index contributed by atoms with van der Waals surface area (Å²) in [6, 6.07) is -0.838. The van der Waals surface area contributed by atoms with Crippen molar-refractivity contribution in [2.24, 2.45) is 11.8 Å². The molecule has 254 valence electrons. The van der Waals surface area contributed by atoms with Gasteiger partial charge in [-0.05, 0) is 38.4 Å². The molecule has 2 amide bonds. The Balaban J connectivity index is 1.92. The van der Waals surface area contributed by atoms with Crippen LogP contribution < -0.4 is 5.32 Å². The fraction of sp³-hybridized carbons (Fsp3) is 0.618. The third-order valence-corrected chi connectivity index (χ3v) is 9.58. The highest BCUT2D eigenvalue weighted by molar-refractivity contribution is 8.00. The quantitative estimate of drug-likeness (QED) is 0.418. The van der Waals surface area contributed by atoms with Crippen molar-refractivity contribution in [3.63, 3.8) is 0 Å². The summed E-state index contributed by atoms with van der Waals surface area (Å²) in [7, 11) is 0. The average Bonchev–Trinajstić information content (AvgIpc) is 3.65. The summed E-state index contributed by atoms with van der Waals surface area (Å²) in [5, 5.41) is 13.0. The number of oxazole rings is 1. The highest BCUT2D eigenvalue weighted by Crippen LogP contribution is 2.32. The summed E-state index contributed by atoms with van der Waals surface area (Å²) < 4.78 is 11.6. The summed E-state index contributed by atoms with van der Waals surface area (Å²) >= 11 is 1.66. The average molecular weight is 659 g/mol. The predicted molar refractivity (Wildman–Crippen MR) is 178 cm³/mol. The zero-order valence-corrected chi connectivity index (χ0v) is 28.8. The molecule has 1 aromatic rings. The molecule has 1 saturated heterocycles. The minimum atomic E-state index is -1.02. The summed E-state index contributed by atoms with van der Waals surface area (Å²) in [6.45, 7) is 15.2. The Morgan fingerprint density at radius 3 is 2.61 bits per heavy atom. The van der Waals surface area contributed by atoms with Gasteiger partial charge in [-0.25, -0.2) is 9.78 Å². The van der Waals surface area contributed by atoms with E-state index in [1.165, 1.54) is 17.2 Å². The van der Waals surface area contributed by atoms with Crippen LogP contribution in [0.4, 0.5) is 0 Å². The van der Waals surface area contributed by atoms with Gasteiger partial charge in [0.15, 0.2) is 5.69 Å². The molecule has 2 aliphatic rings. The standard InChI is InChI=1S/C34H50N4O7S/c1-7-37(8-2)16-17-46-28-13-15-38-31(28)34(43)45-32(22(3)4)24(6)11-12-29(41)35-14-9-10-23(5)18-25(39)19-26(40)20-30-36-27(21-44-30)33(38)42/h9-12,18,21-22,24-25,28,31-32,39H,7-8,13-17,19-20H2,1-6H3,(H,35,41)/b10-9+,12-11+,23-18+/t24-,25-,28-,31-,32?/m1/s1. The number of hydrogen-bond donors (Lipinski definition) is 2. The molecular weight excluding hydrogens is 608 g/mol. The lowest BCUT2D eigenvalue weighted by Crippen LogP contribution is -2.47. The first-order valence-corrected chi connectivity index (χ1v) is 17.3. The molecule has 3 heterocycles. The van der Waals surface area contributed by atoms with Gasteiger partial charge in [-0.2, -0.15) is 11.8 Å². The second-order valence-electron chi connectivity index (χ2n) is 12.2. The summed E-state index contributed by atoms with van der Waals surface area (Å²) in [5.74, 6) is -1.01. The van der Waals surface area contributed by atoms with Crippen molar-refractivity contribution in [3.05, 3.63) is 53.8 Å². The van der Waals surface area contributed by atoms with Crippen LogP contribution in [0.1, 0.15) is 70.8 Å². The van der Waals surface area contributed by atoms with Crippen molar-refractivity contribution in [3.8, 4) is 0 Å². The van der Waals surface area contributed by atoms with Crippen LogP contribution in [0.2, 0.25) is 0 Å². The molecule has 2 N–H and O–H groups in total. The van der Waals surface area contributed by atoms with Crippen LogP contribution in [0.15, 0.2) is 46.6 Å². The monoisotopic (exact) mass is 658 g/mol. The molecule has 12 heteroatoms. The molecule has 0 radical (unpaired) electrons. The van der Waals surface area contributed by atoms with Gasteiger partial charge in [0.05, 0.1) is 12.5 Å². The number of nitrogens with zero attached hydrogens (tertiary/aromatic N) is 3. The number of hydrogen-bond acceptors (Lipinski definition) is 10. The normalized spacial score (nSPS) is 28.4. The predicted octanol–water partition coefficient (Wildman–Crippen LogP) is 3.59. The molecule has 46 heavy (non-hydrogen) atoms. The number of aliphatic hydroxyl groups is 1. The Labute approximate surface area is 276 Å². The van der Waals surface area contributed by atoms with Crippen molar-refractivity contribution in [1.29, 1.82) is 0 Å². The first kappa shape index (κ1) is 37.2. The molecule has 2 bridgehead atoms. The van der Waals surface area contributed by atoms with Gasteiger partial charge in [0.2, 0.25) is 11.8 Å². The first-order chi connectivity index (χ1) is 21.9. The van der Waals surface area contributed by atoms with E-state index in [-0.39, 0.29) is 59.7 Å². The van der Waals surface area contributed by atoms with E-state index in [0.717, 1.165) is 31.0 Å². The number of nitrogens with one attached hydrogen (secondary N) is 1. The molecule has 1 aromatic heterocycles. The molecule has 0 aliphatic carbocycles. The molecule has 0 saturated carbocycles. The SMILES string of the molecule is CCN(CC)CCS[C@@H]1CCN2C(=O)c3coc(n3)CC(=O)C[C@H](O)/C=C(C)/C=C/CNC(=O)/C=C/[C@@H](C)C(C(C)C)OC(=O)[C@@H]12. The van der Waals surface area contributed by atoms with Crippen LogP contribution in [0.25, 0.3) is 0 Å². The smallest absolute Gasteiger partial charge is 0.330 e. The number of carbonyl (C=O) groups excluding carboxylic acids is 4. The van der Waals surface area contributed by atoms with E-state index in [2.05, 4.69) is 29.0 Å². The van der Waals surface area contributed by atoms with Crippen LogP contribution in [0, 0.1) is 11.8 Å². The number of Topliss-reactive ketones (excluding diaryl/α,β-unsaturated/α-hetero) is 1. The summed E-state index contributed by atoms with van der Waals surface area (Å²) in [6.07, 6.45) is 8.17. The Bertz CT molecular complexity index is 1290. The van der Waals surface area contributed by atoms with E-state index in [0.29, 0.717) is 13.0 Å². The number of ether oxygens (including phenoxy) is 1. The molecule has 2 aliphatic heterocycles. The van der Waals surface area contributed by atoms with Crippen LogP contribution in [0.3, 0.4) is 0 Å². The van der Waals surface area contributed by atoms with Gasteiger partial charge in [0.25, 0.3) is 5.91 Å². The van der Waals surface area contributed by atoms with E-state index in [4.69, 9.17) is 9.15 Å². The topological polar surface area (TPSA) is 142 Å². The highest BCUT2D eigenvalue weighted by Gasteiger charge is 2.45. The lowest BCUT2D eigenvalue weighted by Gasteiger charge is -2.31. The number of ketones is 1. The van der Waals surface area contributed by atoms with Crippen LogP contribution in [0.5, 0.6) is 0 Å². The zero-order chi connectivity index (χ0) is 33.8. The lowest BCUT2D eigenvalue weighted by molar-refractivity contribution is -0.157. The van der Waals surface area contributed by atoms with Crippen molar-refractivity contribution in [1.82, 2.24) is 20.1 Å². The summed E-state index contributed by atoms with van der Waals surface area (Å²) in [4.78, 5) is 61.0. The van der Waals surface area contributed by atoms with Gasteiger partial charge in [-0.15, -0.1) is 0 Å². The van der Waals surface area contributed by atoms with Gasteiger partial charge >= 0.3 is 5.97 Å². The van der Waals surface area contributed by atoms with E-state index >= 15 is 0 Å². The molecule has 0 aromatic carbocycles. The number of aliphatic hydroxyl groups excluding tert-OH is 1. The van der Waals surface area contributed by atoms with Crippen molar-refractivity contribution in [2.45, 2.75) is 84.3 Å². The maximum atomic E-state index is 14.0. The molecule has 1 fully saturated rings. The zero-order valence-electron chi connectivity index (χ0n) is 27.9. The Kier molecular flexibility index (Phi) is 14.7. The van der Waals surface area contributed by atoms with Crippen molar-refractivity contribution >= 4 is 35.3 Å². The van der Waals surface area contributed by atoms with Crippen LogP contribution in [-0.4, -0.2) is 105 Å². The maximum absolute atomic E-state index is 14.0. The van der Waals surface area contributed by atoms with Crippen molar-refractivity contribution < 1.29 is 33.4 Å². The van der Waals surface area contributed by atoms with Gasteiger partial charge in [-0.3, -0.25) is 14.4 Å². The number of esters is 1. The largest absolute Gasteiger partial charge is 0.460 e. The number of rotatable bonds is 7. The molecule has 0 spiro atoms. The molecule has 1 unspecified atom stereocenters. The molecule has 3 rings (SSSR count). The minimum Gasteiger partial charge on any atom is -0.460 e. The van der Waals surface area contributed by atoms with Gasteiger partial charge in [0, 0.05) is 43.0 Å². The van der Waals surface area contributed by atoms with Gasteiger partial charge in [0.1, 0.15) is 24.2 Å². The van der Waals surface area contributed by atoms with E-state index in [9.17, 15) is 24.3 Å². The Hall–Kier alpha value is -3.22. The Morgan fingerprint density at radius 1 is 1.17 bits per heavy atom. The number of carbonyl (C=O) groups is 4. The van der Waals surface area contributed by atoms with E-state index in [1.807, 2.05) is 20.8 Å². The fourth-order valence-electron chi connectivity index (χ4n) is 5.71. The number of thioether (sulfide) groups is 1.